The van der Waals surface area contributed by atoms with Crippen molar-refractivity contribution in [1.29, 1.82) is 0 Å². The van der Waals surface area contributed by atoms with Gasteiger partial charge in [0.1, 0.15) is 0 Å². The molecule has 4 N–H and O–H groups in total. The number of carbonyl (C=O) groups excluding carboxylic acids is 1. The maximum absolute atomic E-state index is 12.5. The van der Waals surface area contributed by atoms with Gasteiger partial charge in [0, 0.05) is 17.3 Å². The van der Waals surface area contributed by atoms with Gasteiger partial charge in [-0.2, -0.15) is 0 Å². The molecule has 1 aliphatic carbocycles. The summed E-state index contributed by atoms with van der Waals surface area (Å²) in [6.07, 6.45) is 5.03. The predicted octanol–water partition coefficient (Wildman–Crippen LogP) is 2.65. The molecule has 10 heteroatoms. The third-order valence-corrected chi connectivity index (χ3v) is 7.17. The fourth-order valence-corrected chi connectivity index (χ4v) is 4.83. The van der Waals surface area contributed by atoms with E-state index in [9.17, 15) is 21.6 Å². The molecule has 0 unspecified atom stereocenters. The highest BCUT2D eigenvalue weighted by atomic mass is 32.2. The molecule has 3 rings (SSSR count). The van der Waals surface area contributed by atoms with Gasteiger partial charge in [-0.05, 0) is 61.4 Å². The summed E-state index contributed by atoms with van der Waals surface area (Å²) in [5.41, 5.74) is 0.740. The summed E-state index contributed by atoms with van der Waals surface area (Å²) in [6.45, 7) is 0. The van der Waals surface area contributed by atoms with Crippen molar-refractivity contribution in [3.63, 3.8) is 0 Å². The zero-order chi connectivity index (χ0) is 21.1. The van der Waals surface area contributed by atoms with Crippen molar-refractivity contribution in [2.75, 3.05) is 10.0 Å². The molecule has 8 nitrogen and oxygen atoms in total. The van der Waals surface area contributed by atoms with E-state index in [2.05, 4.69) is 10.0 Å². The number of sulfonamides is 2. The molecule has 0 bridgehead atoms. The van der Waals surface area contributed by atoms with Crippen LogP contribution in [0.5, 0.6) is 0 Å². The second-order valence-corrected chi connectivity index (χ2v) is 10.3. The number of carbonyl (C=O) groups is 1. The van der Waals surface area contributed by atoms with Crippen molar-refractivity contribution >= 4 is 37.3 Å². The first-order valence-electron chi connectivity index (χ1n) is 9.22. The molecular formula is C19H23N3O5S2. The van der Waals surface area contributed by atoms with Crippen LogP contribution in [0.25, 0.3) is 0 Å². The number of benzene rings is 2. The summed E-state index contributed by atoms with van der Waals surface area (Å²) in [5.74, 6) is -0.0255. The molecular weight excluding hydrogens is 414 g/mol. The predicted molar refractivity (Wildman–Crippen MR) is 110 cm³/mol. The molecule has 0 heterocycles. The van der Waals surface area contributed by atoms with Gasteiger partial charge in [0.25, 0.3) is 10.0 Å². The van der Waals surface area contributed by atoms with E-state index in [1.807, 2.05) is 0 Å². The quantitative estimate of drug-likeness (QED) is 0.638. The van der Waals surface area contributed by atoms with Gasteiger partial charge in [-0.15, -0.1) is 0 Å². The fourth-order valence-electron chi connectivity index (χ4n) is 3.25. The average Bonchev–Trinajstić information content (AvgIpc) is 2.68. The first-order valence-corrected chi connectivity index (χ1v) is 12.2. The Morgan fingerprint density at radius 2 is 1.31 bits per heavy atom. The van der Waals surface area contributed by atoms with E-state index < -0.39 is 20.0 Å². The topological polar surface area (TPSA) is 135 Å². The van der Waals surface area contributed by atoms with E-state index >= 15 is 0 Å². The van der Waals surface area contributed by atoms with Gasteiger partial charge in [-0.3, -0.25) is 9.52 Å². The summed E-state index contributed by atoms with van der Waals surface area (Å²) >= 11 is 0. The Morgan fingerprint density at radius 3 is 1.86 bits per heavy atom. The standard InChI is InChI=1S/C19H23N3O5S2/c20-28(24,25)17-10-8-16(9-11-17)22-29(26,27)18-12-6-15(7-13-18)21-19(23)14-4-2-1-3-5-14/h6-14,22H,1-5H2,(H,21,23)(H2,20,24,25). The lowest BCUT2D eigenvalue weighted by atomic mass is 9.88. The molecule has 2 aromatic carbocycles. The van der Waals surface area contributed by atoms with Crippen molar-refractivity contribution in [3.8, 4) is 0 Å². The zero-order valence-corrected chi connectivity index (χ0v) is 17.3. The Kier molecular flexibility index (Phi) is 6.25. The van der Waals surface area contributed by atoms with Crippen molar-refractivity contribution in [3.05, 3.63) is 48.5 Å². The molecule has 0 saturated heterocycles. The van der Waals surface area contributed by atoms with Crippen molar-refractivity contribution in [1.82, 2.24) is 0 Å². The highest BCUT2D eigenvalue weighted by Gasteiger charge is 2.21. The Hall–Kier alpha value is -2.43. The molecule has 1 fully saturated rings. The van der Waals surface area contributed by atoms with Gasteiger partial charge in [-0.1, -0.05) is 19.3 Å². The van der Waals surface area contributed by atoms with E-state index in [0.29, 0.717) is 5.69 Å². The maximum Gasteiger partial charge on any atom is 0.261 e. The minimum absolute atomic E-state index is 0.00846. The highest BCUT2D eigenvalue weighted by molar-refractivity contribution is 7.92. The molecule has 2 aromatic rings. The van der Waals surface area contributed by atoms with Crippen molar-refractivity contribution in [2.24, 2.45) is 11.1 Å². The molecule has 1 aliphatic rings. The first-order chi connectivity index (χ1) is 13.6. The van der Waals surface area contributed by atoms with Gasteiger partial charge in [0.15, 0.2) is 0 Å². The maximum atomic E-state index is 12.5. The number of nitrogens with one attached hydrogen (secondary N) is 2. The van der Waals surface area contributed by atoms with Gasteiger partial charge >= 0.3 is 0 Å². The molecule has 29 heavy (non-hydrogen) atoms. The van der Waals surface area contributed by atoms with Crippen LogP contribution >= 0.6 is 0 Å². The van der Waals surface area contributed by atoms with Crippen LogP contribution in [-0.4, -0.2) is 22.7 Å². The van der Waals surface area contributed by atoms with Crippen LogP contribution in [0.4, 0.5) is 11.4 Å². The normalized spacial score (nSPS) is 15.6. The number of rotatable bonds is 6. The lowest BCUT2D eigenvalue weighted by molar-refractivity contribution is -0.120. The third kappa shape index (κ3) is 5.55. The van der Waals surface area contributed by atoms with Crippen LogP contribution in [0.1, 0.15) is 32.1 Å². The Labute approximate surface area is 170 Å². The monoisotopic (exact) mass is 437 g/mol. The number of hydrogen-bond donors (Lipinski definition) is 3. The Balaban J connectivity index is 1.67. The zero-order valence-electron chi connectivity index (χ0n) is 15.7. The molecule has 1 saturated carbocycles. The molecule has 156 valence electrons. The second-order valence-electron chi connectivity index (χ2n) is 7.02. The smallest absolute Gasteiger partial charge is 0.261 e. The molecule has 0 atom stereocenters. The molecule has 0 aromatic heterocycles. The number of amides is 1. The fraction of sp³-hybridized carbons (Fsp3) is 0.316. The van der Waals surface area contributed by atoms with E-state index in [1.165, 1.54) is 36.4 Å². The second kappa shape index (κ2) is 8.52. The number of primary sulfonamides is 1. The number of hydrogen-bond acceptors (Lipinski definition) is 5. The van der Waals surface area contributed by atoms with Crippen LogP contribution in [0.15, 0.2) is 58.3 Å². The van der Waals surface area contributed by atoms with E-state index in [1.54, 1.807) is 12.1 Å². The molecule has 1 amide bonds. The van der Waals surface area contributed by atoms with Gasteiger partial charge in [-0.25, -0.2) is 22.0 Å². The van der Waals surface area contributed by atoms with E-state index in [4.69, 9.17) is 5.14 Å². The minimum Gasteiger partial charge on any atom is -0.326 e. The van der Waals surface area contributed by atoms with E-state index in [0.717, 1.165) is 32.1 Å². The summed E-state index contributed by atoms with van der Waals surface area (Å²) in [5, 5.41) is 7.86. The third-order valence-electron chi connectivity index (χ3n) is 4.84. The summed E-state index contributed by atoms with van der Waals surface area (Å²) in [7, 11) is -7.72. The molecule has 0 radical (unpaired) electrons. The largest absolute Gasteiger partial charge is 0.326 e. The summed E-state index contributed by atoms with van der Waals surface area (Å²) in [6, 6.07) is 11.0. The van der Waals surface area contributed by atoms with Crippen LogP contribution < -0.4 is 15.2 Å². The molecule has 0 spiro atoms. The van der Waals surface area contributed by atoms with Gasteiger partial charge in [0.2, 0.25) is 15.9 Å². The van der Waals surface area contributed by atoms with Crippen LogP contribution in [0, 0.1) is 5.92 Å². The average molecular weight is 438 g/mol. The summed E-state index contributed by atoms with van der Waals surface area (Å²) in [4.78, 5) is 12.2. The lowest BCUT2D eigenvalue weighted by Gasteiger charge is -2.20. The Bertz CT molecular complexity index is 1070. The van der Waals surface area contributed by atoms with Gasteiger partial charge in [0.05, 0.1) is 9.79 Å². The van der Waals surface area contributed by atoms with Crippen molar-refractivity contribution in [2.45, 2.75) is 41.9 Å². The SMILES string of the molecule is NS(=O)(=O)c1ccc(NS(=O)(=O)c2ccc(NC(=O)C3CCCCC3)cc2)cc1. The van der Waals surface area contributed by atoms with Crippen LogP contribution in [0.2, 0.25) is 0 Å². The van der Waals surface area contributed by atoms with Gasteiger partial charge < -0.3 is 5.32 Å². The molecule has 0 aliphatic heterocycles. The van der Waals surface area contributed by atoms with Crippen LogP contribution in [-0.2, 0) is 24.8 Å². The number of nitrogens with two attached hydrogens (primary N) is 1. The first kappa shape index (κ1) is 21.3. The van der Waals surface area contributed by atoms with Crippen LogP contribution in [0.3, 0.4) is 0 Å². The van der Waals surface area contributed by atoms with Crippen molar-refractivity contribution < 1.29 is 21.6 Å². The summed E-state index contributed by atoms with van der Waals surface area (Å²) < 4.78 is 50.0. The highest BCUT2D eigenvalue weighted by Crippen LogP contribution is 2.25. The Morgan fingerprint density at radius 1 is 0.793 bits per heavy atom. The lowest BCUT2D eigenvalue weighted by Crippen LogP contribution is -2.24. The number of anilines is 2. The van der Waals surface area contributed by atoms with E-state index in [-0.39, 0.29) is 27.3 Å². The minimum atomic E-state index is -3.87.